The van der Waals surface area contributed by atoms with Crippen molar-refractivity contribution in [1.82, 2.24) is 0 Å². The lowest BCUT2D eigenvalue weighted by Crippen LogP contribution is -1.93. The third-order valence-electron chi connectivity index (χ3n) is 2.86. The van der Waals surface area contributed by atoms with Crippen LogP contribution in [0.1, 0.15) is 11.1 Å². The predicted octanol–water partition coefficient (Wildman–Crippen LogP) is 4.18. The van der Waals surface area contributed by atoms with Crippen LogP contribution in [0.4, 0.5) is 5.69 Å². The van der Waals surface area contributed by atoms with Crippen molar-refractivity contribution in [3.8, 4) is 0 Å². The minimum atomic E-state index is 0.722. The van der Waals surface area contributed by atoms with Gasteiger partial charge in [0.25, 0.3) is 0 Å². The second-order valence-electron chi connectivity index (χ2n) is 4.03. The van der Waals surface area contributed by atoms with Crippen molar-refractivity contribution >= 4 is 29.1 Å². The van der Waals surface area contributed by atoms with Gasteiger partial charge in [0, 0.05) is 16.8 Å². The molecular formula is C15H11ClN2. The molecule has 0 saturated carbocycles. The zero-order chi connectivity index (χ0) is 12.4. The average Bonchev–Trinajstić information content (AvgIpc) is 2.61. The number of halogens is 1. The molecule has 0 atom stereocenters. The Kier molecular flexibility index (Phi) is 2.87. The molecule has 2 aromatic carbocycles. The minimum Gasteiger partial charge on any atom is -0.278 e. The maximum Gasteiger partial charge on any atom is 0.0641 e. The second-order valence-corrected chi connectivity index (χ2v) is 4.46. The van der Waals surface area contributed by atoms with Gasteiger partial charge in [0.2, 0.25) is 0 Å². The predicted molar refractivity (Wildman–Crippen MR) is 77.1 cm³/mol. The molecule has 1 aliphatic rings. The SMILES string of the molecule is Clc1ccc2c(c1)C(c1ccccc1)=CC=NN2. The van der Waals surface area contributed by atoms with Gasteiger partial charge in [-0.3, -0.25) is 5.43 Å². The summed E-state index contributed by atoms with van der Waals surface area (Å²) in [7, 11) is 0. The van der Waals surface area contributed by atoms with Crippen LogP contribution in [-0.2, 0) is 0 Å². The molecule has 3 rings (SSSR count). The van der Waals surface area contributed by atoms with Crippen molar-refractivity contribution in [3.63, 3.8) is 0 Å². The van der Waals surface area contributed by atoms with E-state index in [0.29, 0.717) is 0 Å². The van der Waals surface area contributed by atoms with E-state index in [4.69, 9.17) is 11.6 Å². The maximum atomic E-state index is 6.09. The maximum absolute atomic E-state index is 6.09. The smallest absolute Gasteiger partial charge is 0.0641 e. The van der Waals surface area contributed by atoms with Gasteiger partial charge in [-0.2, -0.15) is 5.10 Å². The van der Waals surface area contributed by atoms with Crippen molar-refractivity contribution < 1.29 is 0 Å². The van der Waals surface area contributed by atoms with E-state index in [-0.39, 0.29) is 0 Å². The molecular weight excluding hydrogens is 244 g/mol. The minimum absolute atomic E-state index is 0.722. The van der Waals surface area contributed by atoms with Gasteiger partial charge in [-0.1, -0.05) is 41.9 Å². The van der Waals surface area contributed by atoms with E-state index >= 15 is 0 Å². The average molecular weight is 255 g/mol. The second kappa shape index (κ2) is 4.67. The number of benzene rings is 2. The number of nitrogens with zero attached hydrogens (tertiary/aromatic N) is 1. The Morgan fingerprint density at radius 2 is 1.83 bits per heavy atom. The topological polar surface area (TPSA) is 24.4 Å². The van der Waals surface area contributed by atoms with Crippen LogP contribution in [0.25, 0.3) is 5.57 Å². The highest BCUT2D eigenvalue weighted by molar-refractivity contribution is 6.31. The molecule has 1 aliphatic heterocycles. The van der Waals surface area contributed by atoms with Gasteiger partial charge in [-0.15, -0.1) is 0 Å². The van der Waals surface area contributed by atoms with E-state index in [2.05, 4.69) is 22.7 Å². The van der Waals surface area contributed by atoms with E-state index in [1.165, 1.54) is 0 Å². The molecule has 0 unspecified atom stereocenters. The number of hydrogen-bond acceptors (Lipinski definition) is 2. The van der Waals surface area contributed by atoms with Crippen molar-refractivity contribution in [2.24, 2.45) is 5.10 Å². The first-order valence-corrected chi connectivity index (χ1v) is 6.07. The number of nitrogens with one attached hydrogen (secondary N) is 1. The number of rotatable bonds is 1. The molecule has 3 heteroatoms. The van der Waals surface area contributed by atoms with Gasteiger partial charge in [0.15, 0.2) is 0 Å². The monoisotopic (exact) mass is 254 g/mol. The van der Waals surface area contributed by atoms with Crippen molar-refractivity contribution in [3.05, 3.63) is 70.8 Å². The van der Waals surface area contributed by atoms with E-state index < -0.39 is 0 Å². The zero-order valence-electron chi connectivity index (χ0n) is 9.60. The normalized spacial score (nSPS) is 13.3. The Balaban J connectivity index is 2.19. The summed E-state index contributed by atoms with van der Waals surface area (Å²) in [4.78, 5) is 0. The highest BCUT2D eigenvalue weighted by atomic mass is 35.5. The molecule has 0 aliphatic carbocycles. The first-order chi connectivity index (χ1) is 8.84. The third-order valence-corrected chi connectivity index (χ3v) is 3.09. The van der Waals surface area contributed by atoms with Gasteiger partial charge >= 0.3 is 0 Å². The molecule has 18 heavy (non-hydrogen) atoms. The molecule has 0 spiro atoms. The van der Waals surface area contributed by atoms with E-state index in [1.54, 1.807) is 6.21 Å². The van der Waals surface area contributed by atoms with Gasteiger partial charge in [-0.05, 0) is 35.4 Å². The van der Waals surface area contributed by atoms with Crippen LogP contribution in [0.5, 0.6) is 0 Å². The Morgan fingerprint density at radius 1 is 1.00 bits per heavy atom. The third kappa shape index (κ3) is 2.03. The number of fused-ring (bicyclic) bond motifs is 1. The highest BCUT2D eigenvalue weighted by Gasteiger charge is 2.11. The van der Waals surface area contributed by atoms with E-state index in [9.17, 15) is 0 Å². The lowest BCUT2D eigenvalue weighted by atomic mass is 9.96. The zero-order valence-corrected chi connectivity index (χ0v) is 10.4. The number of anilines is 1. The summed E-state index contributed by atoms with van der Waals surface area (Å²) in [6.07, 6.45) is 3.75. The van der Waals surface area contributed by atoms with Gasteiger partial charge in [0.1, 0.15) is 0 Å². The molecule has 0 amide bonds. The van der Waals surface area contributed by atoms with Crippen LogP contribution >= 0.6 is 11.6 Å². The quantitative estimate of drug-likeness (QED) is 0.811. The fourth-order valence-electron chi connectivity index (χ4n) is 2.01. The number of hydrogen-bond donors (Lipinski definition) is 1. The van der Waals surface area contributed by atoms with Crippen LogP contribution in [-0.4, -0.2) is 6.21 Å². The highest BCUT2D eigenvalue weighted by Crippen LogP contribution is 2.32. The summed E-state index contributed by atoms with van der Waals surface area (Å²) < 4.78 is 0. The summed E-state index contributed by atoms with van der Waals surface area (Å²) in [5.74, 6) is 0. The van der Waals surface area contributed by atoms with Crippen LogP contribution in [0, 0.1) is 0 Å². The van der Waals surface area contributed by atoms with Crippen LogP contribution in [0.15, 0.2) is 59.7 Å². The van der Waals surface area contributed by atoms with Crippen molar-refractivity contribution in [1.29, 1.82) is 0 Å². The Hall–Kier alpha value is -2.06. The first kappa shape index (κ1) is 11.1. The molecule has 0 bridgehead atoms. The largest absolute Gasteiger partial charge is 0.278 e. The molecule has 1 N–H and O–H groups in total. The standard InChI is InChI=1S/C15H11ClN2/c16-12-6-7-15-14(10-12)13(8-9-17-18-15)11-4-2-1-3-5-11/h1-10,18H. The Labute approximate surface area is 111 Å². The summed E-state index contributed by atoms with van der Waals surface area (Å²) in [6, 6.07) is 16.0. The van der Waals surface area contributed by atoms with Gasteiger partial charge in [-0.25, -0.2) is 0 Å². The van der Waals surface area contributed by atoms with Crippen LogP contribution < -0.4 is 5.43 Å². The molecule has 0 saturated heterocycles. The molecule has 0 aromatic heterocycles. The molecule has 2 nitrogen and oxygen atoms in total. The Morgan fingerprint density at radius 3 is 2.67 bits per heavy atom. The fourth-order valence-corrected chi connectivity index (χ4v) is 2.19. The number of hydrazone groups is 1. The van der Waals surface area contributed by atoms with Gasteiger partial charge < -0.3 is 0 Å². The molecule has 1 heterocycles. The first-order valence-electron chi connectivity index (χ1n) is 5.69. The lowest BCUT2D eigenvalue weighted by Gasteiger charge is -2.11. The lowest BCUT2D eigenvalue weighted by molar-refractivity contribution is 1.35. The summed E-state index contributed by atoms with van der Waals surface area (Å²) in [6.45, 7) is 0. The Bertz CT molecular complexity index is 630. The van der Waals surface area contributed by atoms with Gasteiger partial charge in [0.05, 0.1) is 5.69 Å². The molecule has 0 fully saturated rings. The molecule has 0 radical (unpaired) electrons. The van der Waals surface area contributed by atoms with Crippen LogP contribution in [0.3, 0.4) is 0 Å². The summed E-state index contributed by atoms with van der Waals surface area (Å²) in [5.41, 5.74) is 7.30. The number of allylic oxidation sites excluding steroid dienone is 1. The summed E-state index contributed by atoms with van der Waals surface area (Å²) in [5, 5.41) is 4.84. The molecule has 2 aromatic rings. The molecule has 88 valence electrons. The summed E-state index contributed by atoms with van der Waals surface area (Å²) >= 11 is 6.09. The van der Waals surface area contributed by atoms with E-state index in [1.807, 2.05) is 42.5 Å². The van der Waals surface area contributed by atoms with Crippen molar-refractivity contribution in [2.45, 2.75) is 0 Å². The van der Waals surface area contributed by atoms with Crippen LogP contribution in [0.2, 0.25) is 5.02 Å². The van der Waals surface area contributed by atoms with E-state index in [0.717, 1.165) is 27.4 Å². The fraction of sp³-hybridized carbons (Fsp3) is 0. The van der Waals surface area contributed by atoms with Crippen molar-refractivity contribution in [2.75, 3.05) is 5.43 Å².